The molecule has 1 aliphatic heterocycles. The Morgan fingerprint density at radius 1 is 1.08 bits per heavy atom. The van der Waals surface area contributed by atoms with Gasteiger partial charge in [-0.05, 0) is 34.5 Å². The average molecular weight is 321 g/mol. The van der Waals surface area contributed by atoms with Crippen LogP contribution in [0.2, 0.25) is 0 Å². The molecule has 24 heavy (non-hydrogen) atoms. The van der Waals surface area contributed by atoms with Crippen LogP contribution in [0.5, 0.6) is 0 Å². The third-order valence-electron chi connectivity index (χ3n) is 4.20. The van der Waals surface area contributed by atoms with Gasteiger partial charge in [0, 0.05) is 25.3 Å². The van der Waals surface area contributed by atoms with Crippen LogP contribution in [-0.4, -0.2) is 44.3 Å². The van der Waals surface area contributed by atoms with Crippen molar-refractivity contribution in [2.45, 2.75) is 19.0 Å². The van der Waals surface area contributed by atoms with E-state index in [-0.39, 0.29) is 0 Å². The Balaban J connectivity index is 1.41. The van der Waals surface area contributed by atoms with Crippen LogP contribution in [-0.2, 0) is 6.54 Å². The van der Waals surface area contributed by atoms with Crippen molar-refractivity contribution in [2.75, 3.05) is 23.3 Å². The van der Waals surface area contributed by atoms with Crippen molar-refractivity contribution < 1.29 is 0 Å². The van der Waals surface area contributed by atoms with Crippen molar-refractivity contribution in [3.05, 3.63) is 60.3 Å². The average Bonchev–Trinajstić information content (AvgIpc) is 3.27. The van der Waals surface area contributed by atoms with Gasteiger partial charge in [-0.1, -0.05) is 41.5 Å². The summed E-state index contributed by atoms with van der Waals surface area (Å²) >= 11 is 0. The molecular formula is C17H19N7. The maximum Gasteiger partial charge on any atom is 0.243 e. The second-order valence-corrected chi connectivity index (χ2v) is 5.91. The van der Waals surface area contributed by atoms with E-state index in [1.54, 1.807) is 4.68 Å². The number of aromatic nitrogens is 5. The van der Waals surface area contributed by atoms with Crippen LogP contribution in [0.4, 0.5) is 11.8 Å². The largest absolute Gasteiger partial charge is 0.354 e. The zero-order valence-corrected chi connectivity index (χ0v) is 13.3. The molecule has 7 nitrogen and oxygen atoms in total. The first-order valence-electron chi connectivity index (χ1n) is 8.11. The number of benzene rings is 1. The van der Waals surface area contributed by atoms with Gasteiger partial charge in [-0.25, -0.2) is 9.67 Å². The molecule has 1 atom stereocenters. The van der Waals surface area contributed by atoms with E-state index in [2.05, 4.69) is 42.9 Å². The standard InChI is InChI=1S/C17H19N7/c1-2-6-14(7-3-1)12-24-17(20-21-22-24)19-15-9-11-23(13-15)16-8-4-5-10-18-16/h1-8,10,15H,9,11-13H2,(H,19,20,22). The number of hydrogen-bond donors (Lipinski definition) is 1. The van der Waals surface area contributed by atoms with Crippen molar-refractivity contribution in [1.29, 1.82) is 0 Å². The zero-order chi connectivity index (χ0) is 16.2. The summed E-state index contributed by atoms with van der Waals surface area (Å²) in [6.45, 7) is 2.54. The van der Waals surface area contributed by atoms with Gasteiger partial charge in [0.25, 0.3) is 0 Å². The molecule has 0 spiro atoms. The van der Waals surface area contributed by atoms with Crippen molar-refractivity contribution in [3.63, 3.8) is 0 Å². The van der Waals surface area contributed by atoms with Gasteiger partial charge in [-0.2, -0.15) is 0 Å². The van der Waals surface area contributed by atoms with E-state index in [0.717, 1.165) is 25.3 Å². The van der Waals surface area contributed by atoms with Crippen molar-refractivity contribution in [3.8, 4) is 0 Å². The molecule has 1 unspecified atom stereocenters. The molecule has 0 bridgehead atoms. The number of anilines is 2. The molecule has 1 saturated heterocycles. The summed E-state index contributed by atoms with van der Waals surface area (Å²) in [6, 6.07) is 16.5. The van der Waals surface area contributed by atoms with Crippen molar-refractivity contribution >= 4 is 11.8 Å². The highest BCUT2D eigenvalue weighted by Crippen LogP contribution is 2.19. The van der Waals surface area contributed by atoms with Gasteiger partial charge in [-0.15, -0.1) is 0 Å². The molecule has 1 aromatic carbocycles. The van der Waals surface area contributed by atoms with E-state index in [4.69, 9.17) is 0 Å². The molecule has 1 fully saturated rings. The second-order valence-electron chi connectivity index (χ2n) is 5.91. The molecule has 3 heterocycles. The minimum absolute atomic E-state index is 0.313. The Labute approximate surface area is 140 Å². The summed E-state index contributed by atoms with van der Waals surface area (Å²) < 4.78 is 1.80. The van der Waals surface area contributed by atoms with Crippen LogP contribution in [0.3, 0.4) is 0 Å². The van der Waals surface area contributed by atoms with Crippen molar-refractivity contribution in [1.82, 2.24) is 25.2 Å². The monoisotopic (exact) mass is 321 g/mol. The lowest BCUT2D eigenvalue weighted by molar-refractivity contribution is 0.644. The molecule has 3 aromatic rings. The Morgan fingerprint density at radius 2 is 1.96 bits per heavy atom. The first kappa shape index (κ1) is 14.6. The van der Waals surface area contributed by atoms with Gasteiger partial charge in [0.1, 0.15) is 5.82 Å². The third kappa shape index (κ3) is 3.19. The lowest BCUT2D eigenvalue weighted by Gasteiger charge is -2.17. The van der Waals surface area contributed by atoms with Crippen molar-refractivity contribution in [2.24, 2.45) is 0 Å². The Kier molecular flexibility index (Phi) is 4.05. The fourth-order valence-corrected chi connectivity index (χ4v) is 2.98. The van der Waals surface area contributed by atoms with Crippen LogP contribution in [0.1, 0.15) is 12.0 Å². The Bertz CT molecular complexity index is 772. The molecule has 4 rings (SSSR count). The maximum atomic E-state index is 4.42. The predicted octanol–water partition coefficient (Wildman–Crippen LogP) is 1.81. The molecule has 0 aliphatic carbocycles. The van der Waals surface area contributed by atoms with Crippen LogP contribution >= 0.6 is 0 Å². The van der Waals surface area contributed by atoms with Gasteiger partial charge < -0.3 is 10.2 Å². The normalized spacial score (nSPS) is 17.2. The summed E-state index contributed by atoms with van der Waals surface area (Å²) in [5.74, 6) is 1.73. The molecular weight excluding hydrogens is 302 g/mol. The van der Waals surface area contributed by atoms with E-state index in [1.165, 1.54) is 5.56 Å². The van der Waals surface area contributed by atoms with Crippen LogP contribution in [0, 0.1) is 0 Å². The minimum Gasteiger partial charge on any atom is -0.354 e. The van der Waals surface area contributed by atoms with E-state index < -0.39 is 0 Å². The van der Waals surface area contributed by atoms with Crippen LogP contribution in [0.25, 0.3) is 0 Å². The van der Waals surface area contributed by atoms with Crippen LogP contribution in [0.15, 0.2) is 54.7 Å². The fraction of sp³-hybridized carbons (Fsp3) is 0.294. The van der Waals surface area contributed by atoms with E-state index in [1.807, 2.05) is 42.6 Å². The second kappa shape index (κ2) is 6.66. The molecule has 122 valence electrons. The first-order chi connectivity index (χ1) is 11.9. The zero-order valence-electron chi connectivity index (χ0n) is 13.3. The topological polar surface area (TPSA) is 71.8 Å². The first-order valence-corrected chi connectivity index (χ1v) is 8.11. The van der Waals surface area contributed by atoms with E-state index >= 15 is 0 Å². The number of nitrogens with one attached hydrogen (secondary N) is 1. The number of pyridine rings is 1. The smallest absolute Gasteiger partial charge is 0.243 e. The molecule has 2 aromatic heterocycles. The molecule has 0 radical (unpaired) electrons. The summed E-state index contributed by atoms with van der Waals surface area (Å²) in [7, 11) is 0. The highest BCUT2D eigenvalue weighted by Gasteiger charge is 2.24. The fourth-order valence-electron chi connectivity index (χ4n) is 2.98. The number of hydrogen-bond acceptors (Lipinski definition) is 6. The van der Waals surface area contributed by atoms with E-state index in [0.29, 0.717) is 18.5 Å². The molecule has 7 heteroatoms. The van der Waals surface area contributed by atoms with Gasteiger partial charge in [0.05, 0.1) is 6.54 Å². The van der Waals surface area contributed by atoms with Gasteiger partial charge in [0.15, 0.2) is 0 Å². The minimum atomic E-state index is 0.313. The lowest BCUT2D eigenvalue weighted by Crippen LogP contribution is -2.27. The van der Waals surface area contributed by atoms with Gasteiger partial charge >= 0.3 is 0 Å². The number of tetrazole rings is 1. The van der Waals surface area contributed by atoms with Gasteiger partial charge in [0.2, 0.25) is 5.95 Å². The maximum absolute atomic E-state index is 4.42. The molecule has 1 N–H and O–H groups in total. The summed E-state index contributed by atoms with van der Waals surface area (Å²) in [4.78, 5) is 6.70. The highest BCUT2D eigenvalue weighted by molar-refractivity contribution is 5.41. The molecule has 0 saturated carbocycles. The predicted molar refractivity (Wildman–Crippen MR) is 91.8 cm³/mol. The SMILES string of the molecule is c1ccc(Cn2nnnc2NC2CCN(c3ccccn3)C2)cc1. The summed E-state index contributed by atoms with van der Waals surface area (Å²) in [6.07, 6.45) is 2.87. The Hall–Kier alpha value is -2.96. The number of nitrogens with zero attached hydrogens (tertiary/aromatic N) is 6. The quantitative estimate of drug-likeness (QED) is 0.773. The van der Waals surface area contributed by atoms with Crippen LogP contribution < -0.4 is 10.2 Å². The van der Waals surface area contributed by atoms with Gasteiger partial charge in [-0.3, -0.25) is 0 Å². The summed E-state index contributed by atoms with van der Waals surface area (Å²) in [5.41, 5.74) is 1.18. The van der Waals surface area contributed by atoms with E-state index in [9.17, 15) is 0 Å². The molecule has 1 aliphatic rings. The Morgan fingerprint density at radius 3 is 2.79 bits per heavy atom. The lowest BCUT2D eigenvalue weighted by atomic mass is 10.2. The third-order valence-corrected chi connectivity index (χ3v) is 4.20. The molecule has 0 amide bonds. The highest BCUT2D eigenvalue weighted by atomic mass is 15.6. The summed E-state index contributed by atoms with van der Waals surface area (Å²) in [5, 5.41) is 15.5. The number of rotatable bonds is 5.